The second-order valence-corrected chi connectivity index (χ2v) is 5.35. The number of allylic oxidation sites excluding steroid dienone is 3. The Morgan fingerprint density at radius 3 is 2.29 bits per heavy atom. The molecule has 1 atom stereocenters. The number of rotatable bonds is 3. The largest absolute Gasteiger partial charge is 0.445 e. The van der Waals surface area contributed by atoms with Gasteiger partial charge in [-0.1, -0.05) is 12.1 Å². The molecule has 4 nitrogen and oxygen atoms in total. The SMILES string of the molecule is CNC1=C(C(C)=N)C(c2ccc(C(F)(F)F)cc2)C(C#N)=C(C)O1. The van der Waals surface area contributed by atoms with Crippen molar-refractivity contribution in [2.24, 2.45) is 0 Å². The van der Waals surface area contributed by atoms with Crippen LogP contribution in [0.4, 0.5) is 13.2 Å². The molecule has 1 aliphatic heterocycles. The molecule has 0 saturated heterocycles. The Balaban J connectivity index is 2.61. The van der Waals surface area contributed by atoms with E-state index in [1.54, 1.807) is 20.9 Å². The number of hydrogen-bond donors (Lipinski definition) is 2. The maximum atomic E-state index is 12.8. The molecular formula is C17H16F3N3O. The minimum atomic E-state index is -4.43. The van der Waals surface area contributed by atoms with Gasteiger partial charge in [-0.25, -0.2) is 0 Å². The maximum absolute atomic E-state index is 12.8. The fourth-order valence-electron chi connectivity index (χ4n) is 2.66. The highest BCUT2D eigenvalue weighted by Crippen LogP contribution is 2.40. The highest BCUT2D eigenvalue weighted by Gasteiger charge is 2.34. The first-order chi connectivity index (χ1) is 11.2. The molecule has 1 unspecified atom stereocenters. The number of benzene rings is 1. The molecule has 7 heteroatoms. The van der Waals surface area contributed by atoms with Crippen LogP contribution in [-0.4, -0.2) is 12.8 Å². The van der Waals surface area contributed by atoms with E-state index in [9.17, 15) is 18.4 Å². The third kappa shape index (κ3) is 3.13. The summed E-state index contributed by atoms with van der Waals surface area (Å²) >= 11 is 0. The minimum absolute atomic E-state index is 0.171. The summed E-state index contributed by atoms with van der Waals surface area (Å²) in [7, 11) is 1.62. The number of nitriles is 1. The number of alkyl halides is 3. The van der Waals surface area contributed by atoms with E-state index in [0.29, 0.717) is 22.8 Å². The smallest absolute Gasteiger partial charge is 0.416 e. The van der Waals surface area contributed by atoms with Gasteiger partial charge < -0.3 is 15.5 Å². The summed E-state index contributed by atoms with van der Waals surface area (Å²) < 4.78 is 43.8. The molecule has 24 heavy (non-hydrogen) atoms. The number of nitrogens with one attached hydrogen (secondary N) is 2. The van der Waals surface area contributed by atoms with Crippen LogP contribution in [0, 0.1) is 16.7 Å². The lowest BCUT2D eigenvalue weighted by Crippen LogP contribution is -2.25. The van der Waals surface area contributed by atoms with Crippen LogP contribution in [0.2, 0.25) is 0 Å². The van der Waals surface area contributed by atoms with Crippen molar-refractivity contribution in [1.82, 2.24) is 5.32 Å². The summed E-state index contributed by atoms with van der Waals surface area (Å²) in [5.74, 6) is 0.0339. The van der Waals surface area contributed by atoms with E-state index < -0.39 is 17.7 Å². The van der Waals surface area contributed by atoms with Gasteiger partial charge in [0.2, 0.25) is 0 Å². The van der Waals surface area contributed by atoms with Crippen molar-refractivity contribution in [3.05, 3.63) is 58.2 Å². The first-order valence-corrected chi connectivity index (χ1v) is 7.14. The van der Waals surface area contributed by atoms with Crippen LogP contribution in [0.15, 0.2) is 47.1 Å². The third-order valence-corrected chi connectivity index (χ3v) is 3.78. The number of ether oxygens (including phenoxy) is 1. The van der Waals surface area contributed by atoms with Gasteiger partial charge in [0.1, 0.15) is 5.76 Å². The first kappa shape index (κ1) is 17.6. The zero-order chi connectivity index (χ0) is 18.1. The summed E-state index contributed by atoms with van der Waals surface area (Å²) in [5, 5.41) is 20.3. The van der Waals surface area contributed by atoms with Crippen LogP contribution in [0.5, 0.6) is 0 Å². The maximum Gasteiger partial charge on any atom is 0.416 e. The zero-order valence-corrected chi connectivity index (χ0v) is 13.4. The van der Waals surface area contributed by atoms with Crippen LogP contribution >= 0.6 is 0 Å². The zero-order valence-electron chi connectivity index (χ0n) is 13.4. The summed E-state index contributed by atoms with van der Waals surface area (Å²) in [6.07, 6.45) is -4.43. The normalized spacial score (nSPS) is 18.1. The predicted octanol–water partition coefficient (Wildman–Crippen LogP) is 4.09. The van der Waals surface area contributed by atoms with E-state index in [1.165, 1.54) is 12.1 Å². The van der Waals surface area contributed by atoms with Gasteiger partial charge in [0.05, 0.1) is 23.1 Å². The Hall–Kier alpha value is -2.75. The van der Waals surface area contributed by atoms with Crippen molar-refractivity contribution in [2.45, 2.75) is 25.9 Å². The highest BCUT2D eigenvalue weighted by atomic mass is 19.4. The van der Waals surface area contributed by atoms with Crippen molar-refractivity contribution < 1.29 is 17.9 Å². The van der Waals surface area contributed by atoms with Gasteiger partial charge in [-0.3, -0.25) is 0 Å². The van der Waals surface area contributed by atoms with Crippen LogP contribution in [0.3, 0.4) is 0 Å². The lowest BCUT2D eigenvalue weighted by atomic mass is 9.81. The third-order valence-electron chi connectivity index (χ3n) is 3.78. The second-order valence-electron chi connectivity index (χ2n) is 5.35. The molecule has 2 N–H and O–H groups in total. The van der Waals surface area contributed by atoms with Crippen LogP contribution in [0.1, 0.15) is 30.9 Å². The molecule has 126 valence electrons. The van der Waals surface area contributed by atoms with Crippen molar-refractivity contribution in [3.63, 3.8) is 0 Å². The van der Waals surface area contributed by atoms with E-state index in [0.717, 1.165) is 12.1 Å². The summed E-state index contributed by atoms with van der Waals surface area (Å²) in [6, 6.07) is 6.67. The lowest BCUT2D eigenvalue weighted by Gasteiger charge is -2.29. The molecule has 1 aliphatic rings. The first-order valence-electron chi connectivity index (χ1n) is 7.14. The van der Waals surface area contributed by atoms with Crippen molar-refractivity contribution >= 4 is 5.71 Å². The molecule has 1 heterocycles. The van der Waals surface area contributed by atoms with Gasteiger partial charge in [0.25, 0.3) is 0 Å². The average molecular weight is 335 g/mol. The summed E-state index contributed by atoms with van der Waals surface area (Å²) in [5.41, 5.74) is 0.610. The van der Waals surface area contributed by atoms with Gasteiger partial charge in [-0.15, -0.1) is 0 Å². The lowest BCUT2D eigenvalue weighted by molar-refractivity contribution is -0.137. The molecule has 0 spiro atoms. The van der Waals surface area contributed by atoms with Crippen molar-refractivity contribution in [3.8, 4) is 6.07 Å². The highest BCUT2D eigenvalue weighted by molar-refractivity contribution is 5.98. The van der Waals surface area contributed by atoms with Gasteiger partial charge in [0.15, 0.2) is 5.88 Å². The average Bonchev–Trinajstić information content (AvgIpc) is 2.52. The van der Waals surface area contributed by atoms with E-state index in [4.69, 9.17) is 10.1 Å². The topological polar surface area (TPSA) is 68.9 Å². The fraction of sp³-hybridized carbons (Fsp3) is 0.294. The van der Waals surface area contributed by atoms with Gasteiger partial charge >= 0.3 is 6.18 Å². The predicted molar refractivity (Wildman–Crippen MR) is 83.1 cm³/mol. The Morgan fingerprint density at radius 2 is 1.88 bits per heavy atom. The van der Waals surface area contributed by atoms with Gasteiger partial charge in [-0.05, 0) is 31.5 Å². The van der Waals surface area contributed by atoms with Gasteiger partial charge in [0, 0.05) is 18.3 Å². The number of nitrogens with zero attached hydrogens (tertiary/aromatic N) is 1. The molecule has 0 aromatic heterocycles. The van der Waals surface area contributed by atoms with Crippen LogP contribution in [-0.2, 0) is 10.9 Å². The quantitative estimate of drug-likeness (QED) is 0.818. The summed E-state index contributed by atoms with van der Waals surface area (Å²) in [6.45, 7) is 3.16. The fourth-order valence-corrected chi connectivity index (χ4v) is 2.66. The van der Waals surface area contributed by atoms with Crippen LogP contribution < -0.4 is 5.32 Å². The molecular weight excluding hydrogens is 319 g/mol. The van der Waals surface area contributed by atoms with E-state index in [2.05, 4.69) is 11.4 Å². The number of hydrogen-bond acceptors (Lipinski definition) is 4. The molecule has 1 aromatic rings. The monoisotopic (exact) mass is 335 g/mol. The molecule has 1 aromatic carbocycles. The molecule has 0 saturated carbocycles. The van der Waals surface area contributed by atoms with E-state index in [-0.39, 0.29) is 11.3 Å². The van der Waals surface area contributed by atoms with Crippen LogP contribution in [0.25, 0.3) is 0 Å². The standard InChI is InChI=1S/C17H16F3N3O/c1-9(22)14-15(13(8-21)10(2)24-16(14)23-3)11-4-6-12(7-5-11)17(18,19)20/h4-7,15,22-23H,1-3H3. The second kappa shape index (κ2) is 6.40. The minimum Gasteiger partial charge on any atom is -0.445 e. The molecule has 0 amide bonds. The molecule has 0 bridgehead atoms. The van der Waals surface area contributed by atoms with E-state index >= 15 is 0 Å². The number of halogens is 3. The Bertz CT molecular complexity index is 768. The Labute approximate surface area is 137 Å². The Morgan fingerprint density at radius 1 is 1.29 bits per heavy atom. The Kier molecular flexibility index (Phi) is 4.69. The molecule has 0 aliphatic carbocycles. The van der Waals surface area contributed by atoms with Crippen molar-refractivity contribution in [2.75, 3.05) is 7.05 Å². The van der Waals surface area contributed by atoms with Crippen molar-refractivity contribution in [1.29, 1.82) is 10.7 Å². The van der Waals surface area contributed by atoms with E-state index in [1.807, 2.05) is 0 Å². The summed E-state index contributed by atoms with van der Waals surface area (Å²) in [4.78, 5) is 0. The molecule has 0 radical (unpaired) electrons. The van der Waals surface area contributed by atoms with Gasteiger partial charge in [-0.2, -0.15) is 18.4 Å². The molecule has 0 fully saturated rings. The molecule has 2 rings (SSSR count).